The smallest absolute Gasteiger partial charge is 0.254 e. The molecule has 3 aromatic rings. The Morgan fingerprint density at radius 2 is 1.72 bits per heavy atom. The maximum absolute atomic E-state index is 13.0. The van der Waals surface area contributed by atoms with E-state index in [0.717, 1.165) is 24.1 Å². The molecule has 2 aromatic heterocycles. The second-order valence-corrected chi connectivity index (χ2v) is 7.87. The van der Waals surface area contributed by atoms with Crippen LogP contribution in [-0.2, 0) is 0 Å². The molecule has 1 amide bonds. The standard InChI is InChI=1S/C24H27N3O2/c1-3-26(20-7-5-4-6-8-20)24(29)19-12-10-18(11-13-19)23(28)21-15-25-22-14-9-17(2)16-27(21)22/h9-16,20H,3-8H2,1-2H3. The number of benzene rings is 1. The zero-order valence-corrected chi connectivity index (χ0v) is 17.1. The SMILES string of the molecule is CCN(C(=O)c1ccc(C(=O)c2cnc3ccc(C)cn23)cc1)C1CCCCC1. The van der Waals surface area contributed by atoms with Crippen molar-refractivity contribution in [1.82, 2.24) is 14.3 Å². The molecule has 0 atom stereocenters. The fourth-order valence-electron chi connectivity index (χ4n) is 4.29. The van der Waals surface area contributed by atoms with Gasteiger partial charge in [0, 0.05) is 29.9 Å². The van der Waals surface area contributed by atoms with Crippen molar-refractivity contribution in [1.29, 1.82) is 0 Å². The van der Waals surface area contributed by atoms with Crippen LogP contribution in [0.2, 0.25) is 0 Å². The van der Waals surface area contributed by atoms with Crippen molar-refractivity contribution in [2.24, 2.45) is 0 Å². The van der Waals surface area contributed by atoms with E-state index in [1.165, 1.54) is 19.3 Å². The first-order valence-electron chi connectivity index (χ1n) is 10.5. The predicted molar refractivity (Wildman–Crippen MR) is 113 cm³/mol. The summed E-state index contributed by atoms with van der Waals surface area (Å²) in [6, 6.07) is 11.3. The summed E-state index contributed by atoms with van der Waals surface area (Å²) in [6.45, 7) is 4.74. The van der Waals surface area contributed by atoms with Crippen LogP contribution in [0.5, 0.6) is 0 Å². The topological polar surface area (TPSA) is 54.7 Å². The molecule has 0 aliphatic heterocycles. The second-order valence-electron chi connectivity index (χ2n) is 7.87. The van der Waals surface area contributed by atoms with Gasteiger partial charge in [0.05, 0.1) is 6.20 Å². The lowest BCUT2D eigenvalue weighted by Crippen LogP contribution is -2.41. The van der Waals surface area contributed by atoms with Crippen molar-refractivity contribution in [3.05, 3.63) is 71.2 Å². The summed E-state index contributed by atoms with van der Waals surface area (Å²) in [5.74, 6) is -0.0365. The van der Waals surface area contributed by atoms with Crippen molar-refractivity contribution in [3.8, 4) is 0 Å². The summed E-state index contributed by atoms with van der Waals surface area (Å²) in [7, 11) is 0. The third-order valence-electron chi connectivity index (χ3n) is 5.90. The molecule has 150 valence electrons. The Bertz CT molecular complexity index is 1030. The fraction of sp³-hybridized carbons (Fsp3) is 0.375. The monoisotopic (exact) mass is 389 g/mol. The first kappa shape index (κ1) is 19.4. The minimum atomic E-state index is -0.0956. The van der Waals surface area contributed by atoms with Crippen LogP contribution in [0.1, 0.15) is 71.0 Å². The summed E-state index contributed by atoms with van der Waals surface area (Å²) in [6.07, 6.45) is 9.35. The summed E-state index contributed by atoms with van der Waals surface area (Å²) in [4.78, 5) is 32.3. The number of nitrogens with zero attached hydrogens (tertiary/aromatic N) is 3. The number of carbonyl (C=O) groups excluding carboxylic acids is 2. The number of imidazole rings is 1. The van der Waals surface area contributed by atoms with E-state index in [4.69, 9.17) is 0 Å². The lowest BCUT2D eigenvalue weighted by Gasteiger charge is -2.33. The zero-order valence-electron chi connectivity index (χ0n) is 17.1. The Morgan fingerprint density at radius 3 is 2.41 bits per heavy atom. The highest BCUT2D eigenvalue weighted by atomic mass is 16.2. The van der Waals surface area contributed by atoms with Crippen molar-refractivity contribution >= 4 is 17.3 Å². The van der Waals surface area contributed by atoms with Crippen LogP contribution in [0.15, 0.2) is 48.8 Å². The zero-order chi connectivity index (χ0) is 20.4. The number of aryl methyl sites for hydroxylation is 1. The van der Waals surface area contributed by atoms with Crippen LogP contribution in [0, 0.1) is 6.92 Å². The van der Waals surface area contributed by atoms with E-state index in [-0.39, 0.29) is 11.7 Å². The Balaban J connectivity index is 1.55. The molecule has 4 rings (SSSR count). The maximum Gasteiger partial charge on any atom is 0.254 e. The molecule has 0 unspecified atom stereocenters. The van der Waals surface area contributed by atoms with Gasteiger partial charge in [0.15, 0.2) is 0 Å². The van der Waals surface area contributed by atoms with Crippen LogP contribution in [0.25, 0.3) is 5.65 Å². The van der Waals surface area contributed by atoms with E-state index in [2.05, 4.69) is 4.98 Å². The first-order valence-corrected chi connectivity index (χ1v) is 10.5. The van der Waals surface area contributed by atoms with Crippen LogP contribution in [0.3, 0.4) is 0 Å². The molecule has 0 bridgehead atoms. The van der Waals surface area contributed by atoms with E-state index < -0.39 is 0 Å². The third-order valence-corrected chi connectivity index (χ3v) is 5.90. The molecule has 1 aliphatic rings. The van der Waals surface area contributed by atoms with Gasteiger partial charge in [-0.2, -0.15) is 0 Å². The lowest BCUT2D eigenvalue weighted by atomic mass is 9.93. The Morgan fingerprint density at radius 1 is 1.03 bits per heavy atom. The summed E-state index contributed by atoms with van der Waals surface area (Å²) in [5, 5.41) is 0. The van der Waals surface area contributed by atoms with Gasteiger partial charge in [0.25, 0.3) is 5.91 Å². The van der Waals surface area contributed by atoms with Crippen molar-refractivity contribution in [3.63, 3.8) is 0 Å². The second kappa shape index (κ2) is 8.19. The fourth-order valence-corrected chi connectivity index (χ4v) is 4.29. The molecule has 0 N–H and O–H groups in total. The number of pyridine rings is 1. The van der Waals surface area contributed by atoms with Crippen LogP contribution >= 0.6 is 0 Å². The summed E-state index contributed by atoms with van der Waals surface area (Å²) in [5.41, 5.74) is 3.54. The molecule has 1 aliphatic carbocycles. The number of hydrogen-bond acceptors (Lipinski definition) is 3. The number of ketones is 1. The number of aromatic nitrogens is 2. The van der Waals surface area contributed by atoms with E-state index in [0.29, 0.717) is 29.4 Å². The maximum atomic E-state index is 13.0. The van der Waals surface area contributed by atoms with Gasteiger partial charge in [-0.3, -0.25) is 14.0 Å². The molecule has 5 nitrogen and oxygen atoms in total. The number of fused-ring (bicyclic) bond motifs is 1. The summed E-state index contributed by atoms with van der Waals surface area (Å²) < 4.78 is 1.82. The van der Waals surface area contributed by atoms with E-state index in [1.54, 1.807) is 30.5 Å². The number of amides is 1. The minimum Gasteiger partial charge on any atom is -0.336 e. The quantitative estimate of drug-likeness (QED) is 0.596. The van der Waals surface area contributed by atoms with Gasteiger partial charge in [-0.25, -0.2) is 4.98 Å². The van der Waals surface area contributed by atoms with Gasteiger partial charge in [-0.05, 0) is 50.5 Å². The van der Waals surface area contributed by atoms with E-state index in [9.17, 15) is 9.59 Å². The van der Waals surface area contributed by atoms with Gasteiger partial charge in [-0.15, -0.1) is 0 Å². The summed E-state index contributed by atoms with van der Waals surface area (Å²) >= 11 is 0. The van der Waals surface area contributed by atoms with Gasteiger partial charge in [0.1, 0.15) is 11.3 Å². The Hall–Kier alpha value is -2.95. The van der Waals surface area contributed by atoms with Gasteiger partial charge >= 0.3 is 0 Å². The molecule has 1 saturated carbocycles. The highest BCUT2D eigenvalue weighted by Gasteiger charge is 2.25. The molecule has 5 heteroatoms. The predicted octanol–water partition coefficient (Wildman–Crippen LogP) is 4.67. The Labute approximate surface area is 171 Å². The molecular formula is C24H27N3O2. The first-order chi connectivity index (χ1) is 14.1. The van der Waals surface area contributed by atoms with Gasteiger partial charge < -0.3 is 4.90 Å². The molecule has 0 saturated heterocycles. The average Bonchev–Trinajstić information content (AvgIpc) is 3.17. The van der Waals surface area contributed by atoms with E-state index >= 15 is 0 Å². The number of hydrogen-bond donors (Lipinski definition) is 0. The normalized spacial score (nSPS) is 14.8. The highest BCUT2D eigenvalue weighted by Crippen LogP contribution is 2.24. The van der Waals surface area contributed by atoms with Crippen molar-refractivity contribution in [2.75, 3.05) is 6.54 Å². The molecular weight excluding hydrogens is 362 g/mol. The number of rotatable bonds is 5. The molecule has 0 spiro atoms. The molecule has 29 heavy (non-hydrogen) atoms. The van der Waals surface area contributed by atoms with Gasteiger partial charge in [-0.1, -0.05) is 37.5 Å². The van der Waals surface area contributed by atoms with Crippen molar-refractivity contribution < 1.29 is 9.59 Å². The molecule has 1 aromatic carbocycles. The lowest BCUT2D eigenvalue weighted by molar-refractivity contribution is 0.0647. The molecule has 2 heterocycles. The number of carbonyl (C=O) groups is 2. The third kappa shape index (κ3) is 3.82. The minimum absolute atomic E-state index is 0.0591. The average molecular weight is 389 g/mol. The van der Waals surface area contributed by atoms with Crippen molar-refractivity contribution in [2.45, 2.75) is 52.0 Å². The molecule has 1 fully saturated rings. The molecule has 0 radical (unpaired) electrons. The van der Waals surface area contributed by atoms with Crippen LogP contribution in [0.4, 0.5) is 0 Å². The highest BCUT2D eigenvalue weighted by molar-refractivity contribution is 6.08. The van der Waals surface area contributed by atoms with Crippen LogP contribution in [-0.4, -0.2) is 38.6 Å². The van der Waals surface area contributed by atoms with E-state index in [1.807, 2.05) is 41.5 Å². The Kier molecular flexibility index (Phi) is 5.47. The largest absolute Gasteiger partial charge is 0.336 e. The van der Waals surface area contributed by atoms with Gasteiger partial charge in [0.2, 0.25) is 5.78 Å². The van der Waals surface area contributed by atoms with Crippen LogP contribution < -0.4 is 0 Å².